The zero-order chi connectivity index (χ0) is 14.4. The van der Waals surface area contributed by atoms with Crippen LogP contribution in [0.4, 0.5) is 0 Å². The molecular formula is C18H23NO2. The summed E-state index contributed by atoms with van der Waals surface area (Å²) in [5.41, 5.74) is 2.98. The minimum absolute atomic E-state index is 0.177. The number of phenols is 1. The monoisotopic (exact) mass is 285 g/mol. The summed E-state index contributed by atoms with van der Waals surface area (Å²) >= 11 is 0. The largest absolute Gasteiger partial charge is 0.504 e. The number of phenolic OH excluding ortho intramolecular Hbond substituents is 1. The molecular weight excluding hydrogens is 262 g/mol. The van der Waals surface area contributed by atoms with Crippen LogP contribution >= 0.6 is 0 Å². The van der Waals surface area contributed by atoms with E-state index >= 15 is 0 Å². The van der Waals surface area contributed by atoms with E-state index in [2.05, 4.69) is 24.9 Å². The third kappa shape index (κ3) is 1.26. The smallest absolute Gasteiger partial charge is 0.165 e. The highest BCUT2D eigenvalue weighted by molar-refractivity contribution is 5.60. The van der Waals surface area contributed by atoms with Crippen LogP contribution < -0.4 is 4.74 Å². The van der Waals surface area contributed by atoms with Crippen LogP contribution in [0.15, 0.2) is 12.1 Å². The second kappa shape index (κ2) is 3.75. The molecule has 2 aliphatic carbocycles. The molecule has 1 saturated heterocycles. The molecule has 21 heavy (non-hydrogen) atoms. The van der Waals surface area contributed by atoms with Gasteiger partial charge in [0.05, 0.1) is 0 Å². The second-order valence-electron chi connectivity index (χ2n) is 7.69. The van der Waals surface area contributed by atoms with Crippen molar-refractivity contribution in [2.45, 2.75) is 50.2 Å². The molecule has 0 amide bonds. The van der Waals surface area contributed by atoms with Gasteiger partial charge in [0.2, 0.25) is 0 Å². The molecule has 1 aromatic rings. The number of hydrogen-bond acceptors (Lipinski definition) is 3. The van der Waals surface area contributed by atoms with Crippen molar-refractivity contribution in [2.75, 3.05) is 13.6 Å². The van der Waals surface area contributed by atoms with Gasteiger partial charge in [0, 0.05) is 17.0 Å². The fourth-order valence-electron chi connectivity index (χ4n) is 6.00. The minimum Gasteiger partial charge on any atom is -0.504 e. The van der Waals surface area contributed by atoms with Crippen molar-refractivity contribution < 1.29 is 9.84 Å². The van der Waals surface area contributed by atoms with E-state index in [1.165, 1.54) is 30.4 Å². The first-order valence-corrected chi connectivity index (χ1v) is 8.35. The van der Waals surface area contributed by atoms with Gasteiger partial charge in [-0.25, -0.2) is 0 Å². The predicted octanol–water partition coefficient (Wildman–Crippen LogP) is 2.70. The van der Waals surface area contributed by atoms with Crippen molar-refractivity contribution in [1.29, 1.82) is 0 Å². The maximum Gasteiger partial charge on any atom is 0.165 e. The summed E-state index contributed by atoms with van der Waals surface area (Å²) in [6.07, 6.45) is 5.14. The van der Waals surface area contributed by atoms with E-state index in [0.717, 1.165) is 18.7 Å². The quantitative estimate of drug-likeness (QED) is 0.795. The van der Waals surface area contributed by atoms with Crippen LogP contribution in [0.3, 0.4) is 0 Å². The van der Waals surface area contributed by atoms with E-state index in [4.69, 9.17) is 4.74 Å². The van der Waals surface area contributed by atoms with Gasteiger partial charge in [-0.2, -0.15) is 0 Å². The fraction of sp³-hybridized carbons (Fsp3) is 0.667. The van der Waals surface area contributed by atoms with Gasteiger partial charge >= 0.3 is 0 Å². The number of rotatable bonds is 0. The number of hydrogen-bond donors (Lipinski definition) is 1. The first kappa shape index (κ1) is 12.3. The molecule has 2 aliphatic heterocycles. The van der Waals surface area contributed by atoms with Crippen LogP contribution in [0.2, 0.25) is 0 Å². The van der Waals surface area contributed by atoms with Crippen LogP contribution in [-0.2, 0) is 11.8 Å². The normalized spacial score (nSPS) is 43.3. The molecule has 1 N–H and O–H groups in total. The summed E-state index contributed by atoms with van der Waals surface area (Å²) in [6.45, 7) is 3.49. The van der Waals surface area contributed by atoms with Gasteiger partial charge in [0.15, 0.2) is 11.5 Å². The topological polar surface area (TPSA) is 32.7 Å². The first-order valence-electron chi connectivity index (χ1n) is 8.35. The highest BCUT2D eigenvalue weighted by Crippen LogP contribution is 2.64. The van der Waals surface area contributed by atoms with Crippen molar-refractivity contribution in [1.82, 2.24) is 4.90 Å². The third-order valence-electron chi connectivity index (χ3n) is 6.89. The molecule has 1 spiro atoms. The van der Waals surface area contributed by atoms with Gasteiger partial charge in [-0.3, -0.25) is 0 Å². The molecule has 1 aromatic carbocycles. The molecule has 3 heteroatoms. The minimum atomic E-state index is 0.177. The molecule has 5 rings (SSSR count). The first-order chi connectivity index (χ1) is 10.1. The van der Waals surface area contributed by atoms with Crippen molar-refractivity contribution in [2.24, 2.45) is 11.8 Å². The van der Waals surface area contributed by atoms with E-state index in [9.17, 15) is 5.11 Å². The lowest BCUT2D eigenvalue weighted by molar-refractivity contribution is -0.0650. The molecule has 1 saturated carbocycles. The van der Waals surface area contributed by atoms with Gasteiger partial charge in [-0.15, -0.1) is 0 Å². The molecule has 2 heterocycles. The zero-order valence-electron chi connectivity index (χ0n) is 12.8. The highest BCUT2D eigenvalue weighted by Gasteiger charge is 2.64. The molecule has 5 atom stereocenters. The van der Waals surface area contributed by atoms with Crippen molar-refractivity contribution >= 4 is 0 Å². The highest BCUT2D eigenvalue weighted by atomic mass is 16.5. The summed E-state index contributed by atoms with van der Waals surface area (Å²) < 4.78 is 6.39. The van der Waals surface area contributed by atoms with Crippen molar-refractivity contribution in [3.05, 3.63) is 23.3 Å². The van der Waals surface area contributed by atoms with Gasteiger partial charge in [-0.05, 0) is 62.7 Å². The number of piperidine rings is 1. The number of nitrogens with zero attached hydrogens (tertiary/aromatic N) is 1. The Balaban J connectivity index is 1.81. The number of aromatic hydroxyl groups is 1. The second-order valence-corrected chi connectivity index (χ2v) is 7.69. The molecule has 4 aliphatic rings. The lowest BCUT2D eigenvalue weighted by Gasteiger charge is -2.58. The number of likely N-dealkylation sites (tertiary alicyclic amines) is 1. The Morgan fingerprint density at radius 1 is 1.33 bits per heavy atom. The molecule has 2 bridgehead atoms. The maximum atomic E-state index is 10.3. The van der Waals surface area contributed by atoms with E-state index < -0.39 is 0 Å². The van der Waals surface area contributed by atoms with Crippen molar-refractivity contribution in [3.8, 4) is 11.5 Å². The third-order valence-corrected chi connectivity index (χ3v) is 6.89. The van der Waals surface area contributed by atoms with Gasteiger partial charge < -0.3 is 14.7 Å². The summed E-state index contributed by atoms with van der Waals surface area (Å²) in [5, 5.41) is 10.3. The van der Waals surface area contributed by atoms with Crippen LogP contribution in [-0.4, -0.2) is 35.7 Å². The Morgan fingerprint density at radius 2 is 2.19 bits per heavy atom. The molecule has 0 aromatic heterocycles. The summed E-state index contributed by atoms with van der Waals surface area (Å²) in [7, 11) is 2.28. The standard InChI is InChI=1S/C18H23NO2/c1-10-3-5-12-13-9-11-4-6-14(20)16-15(11)18(12,17(10)21-16)7-8-19(13)2/h4,6,10,12-13,17,20H,3,5,7-9H2,1-2H3/t10-,12+,13-,17+,18+/m0/s1. The average molecular weight is 285 g/mol. The Labute approximate surface area is 125 Å². The van der Waals surface area contributed by atoms with Crippen molar-refractivity contribution in [3.63, 3.8) is 0 Å². The zero-order valence-corrected chi connectivity index (χ0v) is 12.8. The Bertz CT molecular complexity index is 628. The van der Waals surface area contributed by atoms with E-state index in [1.807, 2.05) is 6.07 Å². The fourth-order valence-corrected chi connectivity index (χ4v) is 6.00. The number of likely N-dealkylation sites (N-methyl/N-ethyl adjacent to an activating group) is 1. The Hall–Kier alpha value is -1.22. The lowest BCUT2D eigenvalue weighted by Crippen LogP contribution is -2.64. The SMILES string of the molecule is C[C@H]1CC[C@@H]2[C@@H]3Cc4ccc(O)c5c4[C@]2(CCN3C)[C@@H]1O5. The molecule has 0 unspecified atom stereocenters. The Kier molecular flexibility index (Phi) is 2.20. The number of benzene rings is 1. The van der Waals surface area contributed by atoms with Crippen LogP contribution in [0.25, 0.3) is 0 Å². The van der Waals surface area contributed by atoms with E-state index in [0.29, 0.717) is 23.6 Å². The van der Waals surface area contributed by atoms with Crippen LogP contribution in [0.1, 0.15) is 37.3 Å². The Morgan fingerprint density at radius 3 is 3.05 bits per heavy atom. The maximum absolute atomic E-state index is 10.3. The molecule has 112 valence electrons. The molecule has 2 fully saturated rings. The van der Waals surface area contributed by atoms with Gasteiger partial charge in [0.1, 0.15) is 6.10 Å². The lowest BCUT2D eigenvalue weighted by atomic mass is 9.50. The van der Waals surface area contributed by atoms with E-state index in [1.54, 1.807) is 0 Å². The van der Waals surface area contributed by atoms with Crippen LogP contribution in [0.5, 0.6) is 11.5 Å². The number of ether oxygens (including phenoxy) is 1. The van der Waals surface area contributed by atoms with Crippen LogP contribution in [0, 0.1) is 11.8 Å². The summed E-state index contributed by atoms with van der Waals surface area (Å²) in [4.78, 5) is 2.57. The van der Waals surface area contributed by atoms with Gasteiger partial charge in [-0.1, -0.05) is 13.0 Å². The van der Waals surface area contributed by atoms with Gasteiger partial charge in [0.25, 0.3) is 0 Å². The average Bonchev–Trinajstić information content (AvgIpc) is 2.83. The molecule has 0 radical (unpaired) electrons. The predicted molar refractivity (Wildman–Crippen MR) is 80.8 cm³/mol. The van der Waals surface area contributed by atoms with E-state index in [-0.39, 0.29) is 11.5 Å². The summed E-state index contributed by atoms with van der Waals surface area (Å²) in [6, 6.07) is 4.63. The molecule has 3 nitrogen and oxygen atoms in total. The summed E-state index contributed by atoms with van der Waals surface area (Å²) in [5.74, 6) is 2.45.